The van der Waals surface area contributed by atoms with E-state index in [1.165, 1.54) is 18.5 Å². The second-order valence-electron chi connectivity index (χ2n) is 5.35. The highest BCUT2D eigenvalue weighted by Gasteiger charge is 2.13. The minimum Gasteiger partial charge on any atom is -0.372 e. The van der Waals surface area contributed by atoms with E-state index in [0.29, 0.717) is 6.42 Å². The normalized spacial score (nSPS) is 14.6. The van der Waals surface area contributed by atoms with Crippen molar-refractivity contribution >= 4 is 17.3 Å². The number of hydrogen-bond acceptors (Lipinski definition) is 3. The number of hydrogen-bond donors (Lipinski definition) is 2. The van der Waals surface area contributed by atoms with Crippen LogP contribution in [0, 0.1) is 6.92 Å². The van der Waals surface area contributed by atoms with Gasteiger partial charge in [-0.1, -0.05) is 6.92 Å². The molecule has 0 unspecified atom stereocenters. The van der Waals surface area contributed by atoms with Gasteiger partial charge in [-0.15, -0.1) is 0 Å². The lowest BCUT2D eigenvalue weighted by atomic mass is 10.1. The Labute approximate surface area is 121 Å². The third kappa shape index (κ3) is 3.97. The Bertz CT molecular complexity index is 453. The molecule has 1 amide bonds. The van der Waals surface area contributed by atoms with E-state index in [-0.39, 0.29) is 5.91 Å². The van der Waals surface area contributed by atoms with Crippen molar-refractivity contribution < 1.29 is 4.79 Å². The molecule has 0 spiro atoms. The van der Waals surface area contributed by atoms with Gasteiger partial charge in [0.15, 0.2) is 0 Å². The molecule has 1 fully saturated rings. The summed E-state index contributed by atoms with van der Waals surface area (Å²) in [6, 6.07) is 6.30. The van der Waals surface area contributed by atoms with Crippen LogP contribution >= 0.6 is 0 Å². The number of anilines is 2. The lowest BCUT2D eigenvalue weighted by Gasteiger charge is -2.19. The molecule has 0 aliphatic carbocycles. The standard InChI is InChI=1S/C16H25N3O/c1-3-17-9-8-16(20)18-15-7-6-14(12-13(15)2)19-10-4-5-11-19/h6-7,12,17H,3-5,8-11H2,1-2H3,(H,18,20). The maximum absolute atomic E-state index is 11.8. The molecule has 110 valence electrons. The van der Waals surface area contributed by atoms with Gasteiger partial charge in [-0.2, -0.15) is 0 Å². The van der Waals surface area contributed by atoms with E-state index in [1.807, 2.05) is 13.0 Å². The Morgan fingerprint density at radius 3 is 2.70 bits per heavy atom. The summed E-state index contributed by atoms with van der Waals surface area (Å²) in [4.78, 5) is 14.2. The molecule has 1 aliphatic rings. The molecule has 4 nitrogen and oxygen atoms in total. The van der Waals surface area contributed by atoms with Crippen LogP contribution in [-0.4, -0.2) is 32.1 Å². The molecule has 0 saturated carbocycles. The fourth-order valence-electron chi connectivity index (χ4n) is 2.55. The molecule has 0 atom stereocenters. The summed E-state index contributed by atoms with van der Waals surface area (Å²) in [5.74, 6) is 0.0722. The number of amides is 1. The lowest BCUT2D eigenvalue weighted by Crippen LogP contribution is -2.22. The average molecular weight is 275 g/mol. The molecule has 1 aromatic carbocycles. The number of nitrogens with zero attached hydrogens (tertiary/aromatic N) is 1. The largest absolute Gasteiger partial charge is 0.372 e. The van der Waals surface area contributed by atoms with Crippen LogP contribution in [0.2, 0.25) is 0 Å². The van der Waals surface area contributed by atoms with E-state index in [0.717, 1.165) is 37.4 Å². The summed E-state index contributed by atoms with van der Waals surface area (Å²) >= 11 is 0. The van der Waals surface area contributed by atoms with Gasteiger partial charge < -0.3 is 15.5 Å². The Morgan fingerprint density at radius 1 is 1.30 bits per heavy atom. The summed E-state index contributed by atoms with van der Waals surface area (Å²) in [5, 5.41) is 6.15. The quantitative estimate of drug-likeness (QED) is 0.784. The summed E-state index contributed by atoms with van der Waals surface area (Å²) in [5.41, 5.74) is 3.33. The molecule has 1 aliphatic heterocycles. The highest BCUT2D eigenvalue weighted by Crippen LogP contribution is 2.25. The zero-order valence-electron chi connectivity index (χ0n) is 12.5. The van der Waals surface area contributed by atoms with Gasteiger partial charge in [0, 0.05) is 37.4 Å². The first-order valence-corrected chi connectivity index (χ1v) is 7.57. The number of benzene rings is 1. The third-order valence-corrected chi connectivity index (χ3v) is 3.73. The van der Waals surface area contributed by atoms with E-state index in [4.69, 9.17) is 0 Å². The minimum atomic E-state index is 0.0722. The minimum absolute atomic E-state index is 0.0722. The van der Waals surface area contributed by atoms with Crippen LogP contribution < -0.4 is 15.5 Å². The van der Waals surface area contributed by atoms with Crippen LogP contribution in [-0.2, 0) is 4.79 Å². The van der Waals surface area contributed by atoms with Crippen LogP contribution in [0.1, 0.15) is 31.7 Å². The highest BCUT2D eigenvalue weighted by molar-refractivity contribution is 5.91. The highest BCUT2D eigenvalue weighted by atomic mass is 16.1. The van der Waals surface area contributed by atoms with Crippen molar-refractivity contribution in [3.8, 4) is 0 Å². The van der Waals surface area contributed by atoms with E-state index in [9.17, 15) is 4.79 Å². The van der Waals surface area contributed by atoms with Gasteiger partial charge in [0.05, 0.1) is 0 Å². The molecule has 4 heteroatoms. The smallest absolute Gasteiger partial charge is 0.225 e. The SMILES string of the molecule is CCNCCC(=O)Nc1ccc(N2CCCC2)cc1C. The molecular weight excluding hydrogens is 250 g/mol. The number of rotatable bonds is 6. The Morgan fingerprint density at radius 2 is 2.05 bits per heavy atom. The van der Waals surface area contributed by atoms with Crippen LogP contribution in [0.25, 0.3) is 0 Å². The summed E-state index contributed by atoms with van der Waals surface area (Å²) in [6.07, 6.45) is 3.07. The van der Waals surface area contributed by atoms with Crippen molar-refractivity contribution in [1.82, 2.24) is 5.32 Å². The summed E-state index contributed by atoms with van der Waals surface area (Å²) < 4.78 is 0. The maximum atomic E-state index is 11.8. The number of carbonyl (C=O) groups is 1. The molecule has 1 saturated heterocycles. The third-order valence-electron chi connectivity index (χ3n) is 3.73. The molecular formula is C16H25N3O. The monoisotopic (exact) mass is 275 g/mol. The van der Waals surface area contributed by atoms with Crippen LogP contribution in [0.15, 0.2) is 18.2 Å². The molecule has 20 heavy (non-hydrogen) atoms. The number of nitrogens with one attached hydrogen (secondary N) is 2. The second kappa shape index (κ2) is 7.29. The topological polar surface area (TPSA) is 44.4 Å². The van der Waals surface area contributed by atoms with E-state index < -0.39 is 0 Å². The van der Waals surface area contributed by atoms with Gasteiger partial charge in [0.25, 0.3) is 0 Å². The van der Waals surface area contributed by atoms with E-state index in [2.05, 4.69) is 34.6 Å². The first-order chi connectivity index (χ1) is 9.70. The average Bonchev–Trinajstić information content (AvgIpc) is 2.95. The molecule has 2 N–H and O–H groups in total. The van der Waals surface area contributed by atoms with Crippen molar-refractivity contribution in [2.75, 3.05) is 36.4 Å². The first kappa shape index (κ1) is 14.9. The summed E-state index contributed by atoms with van der Waals surface area (Å²) in [7, 11) is 0. The summed E-state index contributed by atoms with van der Waals surface area (Å²) in [6.45, 7) is 8.02. The number of carbonyl (C=O) groups excluding carboxylic acids is 1. The Hall–Kier alpha value is -1.55. The molecule has 1 aromatic rings. The van der Waals surface area contributed by atoms with Gasteiger partial charge in [-0.05, 0) is 50.1 Å². The fourth-order valence-corrected chi connectivity index (χ4v) is 2.55. The van der Waals surface area contributed by atoms with Crippen molar-refractivity contribution in [2.45, 2.75) is 33.1 Å². The zero-order valence-corrected chi connectivity index (χ0v) is 12.5. The molecule has 0 radical (unpaired) electrons. The lowest BCUT2D eigenvalue weighted by molar-refractivity contribution is -0.116. The maximum Gasteiger partial charge on any atom is 0.225 e. The van der Waals surface area contributed by atoms with Gasteiger partial charge in [0.2, 0.25) is 5.91 Å². The fraction of sp³-hybridized carbons (Fsp3) is 0.562. The van der Waals surface area contributed by atoms with Gasteiger partial charge in [0.1, 0.15) is 0 Å². The van der Waals surface area contributed by atoms with Crippen molar-refractivity contribution in [1.29, 1.82) is 0 Å². The van der Waals surface area contributed by atoms with Gasteiger partial charge in [-0.25, -0.2) is 0 Å². The Balaban J connectivity index is 1.93. The first-order valence-electron chi connectivity index (χ1n) is 7.57. The van der Waals surface area contributed by atoms with E-state index >= 15 is 0 Å². The second-order valence-corrected chi connectivity index (χ2v) is 5.35. The van der Waals surface area contributed by atoms with Crippen molar-refractivity contribution in [3.63, 3.8) is 0 Å². The molecule has 2 rings (SSSR count). The molecule has 0 aromatic heterocycles. The zero-order chi connectivity index (χ0) is 14.4. The van der Waals surface area contributed by atoms with E-state index in [1.54, 1.807) is 0 Å². The molecule has 1 heterocycles. The Kier molecular flexibility index (Phi) is 5.41. The predicted octanol–water partition coefficient (Wildman–Crippen LogP) is 2.53. The van der Waals surface area contributed by atoms with Crippen LogP contribution in [0.5, 0.6) is 0 Å². The van der Waals surface area contributed by atoms with Gasteiger partial charge >= 0.3 is 0 Å². The number of aryl methyl sites for hydroxylation is 1. The van der Waals surface area contributed by atoms with Crippen LogP contribution in [0.4, 0.5) is 11.4 Å². The van der Waals surface area contributed by atoms with Crippen LogP contribution in [0.3, 0.4) is 0 Å². The van der Waals surface area contributed by atoms with Crippen molar-refractivity contribution in [2.24, 2.45) is 0 Å². The van der Waals surface area contributed by atoms with Crippen molar-refractivity contribution in [3.05, 3.63) is 23.8 Å². The molecule has 0 bridgehead atoms. The van der Waals surface area contributed by atoms with Gasteiger partial charge in [-0.3, -0.25) is 4.79 Å². The predicted molar refractivity (Wildman–Crippen MR) is 84.4 cm³/mol.